The maximum atomic E-state index is 5.03. The first-order chi connectivity index (χ1) is 3.39. The van der Waals surface area contributed by atoms with E-state index in [-0.39, 0.29) is 0 Å². The molecule has 0 unspecified atom stereocenters. The Bertz CT molecular complexity index is 80.1. The van der Waals surface area contributed by atoms with Gasteiger partial charge in [-0.15, -0.1) is 0 Å². The maximum Gasteiger partial charge on any atom is 0.0815 e. The zero-order valence-electron chi connectivity index (χ0n) is 4.42. The molecule has 0 fully saturated rings. The van der Waals surface area contributed by atoms with Gasteiger partial charge in [-0.2, -0.15) is 0 Å². The lowest BCUT2D eigenvalue weighted by Gasteiger charge is -2.09. The van der Waals surface area contributed by atoms with Crippen molar-refractivity contribution >= 4 is 6.21 Å². The van der Waals surface area contributed by atoms with Crippen LogP contribution in [-0.4, -0.2) is 25.5 Å². The topological polar surface area (TPSA) is 21.6 Å². The van der Waals surface area contributed by atoms with Gasteiger partial charge in [-0.25, -0.2) is 0 Å². The zero-order chi connectivity index (χ0) is 5.11. The first-order valence-corrected chi connectivity index (χ1v) is 2.49. The smallest absolute Gasteiger partial charge is 0.0815 e. The van der Waals surface area contributed by atoms with Gasteiger partial charge >= 0.3 is 0 Å². The number of hydrogen-bond acceptors (Lipinski definition) is 2. The number of nitrogens with zero attached hydrogens (tertiary/aromatic N) is 1. The molecule has 0 saturated carbocycles. The van der Waals surface area contributed by atoms with Crippen molar-refractivity contribution in [3.63, 3.8) is 0 Å². The molecule has 0 aromatic carbocycles. The van der Waals surface area contributed by atoms with E-state index in [1.807, 2.05) is 13.1 Å². The second kappa shape index (κ2) is 2.07. The van der Waals surface area contributed by atoms with Crippen molar-refractivity contribution in [3.8, 4) is 0 Å². The van der Waals surface area contributed by atoms with Crippen LogP contribution in [0.15, 0.2) is 4.99 Å². The molecule has 7 heavy (non-hydrogen) atoms. The fourth-order valence-corrected chi connectivity index (χ4v) is 0.557. The van der Waals surface area contributed by atoms with Crippen LogP contribution in [0, 0.1) is 0 Å². The summed E-state index contributed by atoms with van der Waals surface area (Å²) in [7, 11) is 0. The number of aliphatic imine (C=N–C) groups is 1. The second-order valence-electron chi connectivity index (χ2n) is 1.72. The van der Waals surface area contributed by atoms with E-state index in [1.54, 1.807) is 0 Å². The van der Waals surface area contributed by atoms with Gasteiger partial charge in [-0.3, -0.25) is 4.99 Å². The highest BCUT2D eigenvalue weighted by Crippen LogP contribution is 1.93. The molecule has 0 radical (unpaired) electrons. The third kappa shape index (κ3) is 1.27. The predicted octanol–water partition coefficient (Wildman–Crippen LogP) is 0.476. The van der Waals surface area contributed by atoms with Crippen molar-refractivity contribution in [3.05, 3.63) is 0 Å². The van der Waals surface area contributed by atoms with Gasteiger partial charge in [0.25, 0.3) is 0 Å². The number of hydrogen-bond donors (Lipinski definition) is 0. The quantitative estimate of drug-likeness (QED) is 0.432. The largest absolute Gasteiger partial charge is 0.374 e. The van der Waals surface area contributed by atoms with Crippen LogP contribution in [0.5, 0.6) is 0 Å². The van der Waals surface area contributed by atoms with Crippen molar-refractivity contribution in [2.24, 2.45) is 4.99 Å². The monoisotopic (exact) mass is 99.1 g/mol. The van der Waals surface area contributed by atoms with E-state index in [2.05, 4.69) is 4.99 Å². The van der Waals surface area contributed by atoms with Crippen LogP contribution in [0.1, 0.15) is 6.92 Å². The van der Waals surface area contributed by atoms with Crippen molar-refractivity contribution < 1.29 is 4.74 Å². The molecule has 1 aliphatic heterocycles. The second-order valence-corrected chi connectivity index (χ2v) is 1.72. The maximum absolute atomic E-state index is 5.03. The summed E-state index contributed by atoms with van der Waals surface area (Å²) >= 11 is 0. The molecule has 1 aliphatic rings. The highest BCUT2D eigenvalue weighted by atomic mass is 16.5. The Labute approximate surface area is 43.2 Å². The Hall–Kier alpha value is -0.370. The molecule has 1 rings (SSSR count). The lowest BCUT2D eigenvalue weighted by Crippen LogP contribution is -2.16. The number of ether oxygens (including phenoxy) is 1. The summed E-state index contributed by atoms with van der Waals surface area (Å²) in [5.74, 6) is 0. The predicted molar refractivity (Wildman–Crippen MR) is 28.8 cm³/mol. The van der Waals surface area contributed by atoms with Crippen LogP contribution in [0.2, 0.25) is 0 Å². The third-order valence-electron chi connectivity index (χ3n) is 0.911. The van der Waals surface area contributed by atoms with Gasteiger partial charge in [0, 0.05) is 6.21 Å². The minimum atomic E-state index is 0.383. The van der Waals surface area contributed by atoms with Crippen LogP contribution in [0.3, 0.4) is 0 Å². The molecule has 0 N–H and O–H groups in total. The van der Waals surface area contributed by atoms with Gasteiger partial charge in [0.05, 0.1) is 19.3 Å². The van der Waals surface area contributed by atoms with Gasteiger partial charge < -0.3 is 4.74 Å². The summed E-state index contributed by atoms with van der Waals surface area (Å²) in [6.45, 7) is 3.52. The lowest BCUT2D eigenvalue weighted by atomic mass is 10.4. The van der Waals surface area contributed by atoms with Crippen LogP contribution in [0.25, 0.3) is 0 Å². The normalized spacial score (nSPS) is 30.7. The van der Waals surface area contributed by atoms with E-state index in [0.29, 0.717) is 12.6 Å². The molecule has 0 aromatic heterocycles. The minimum absolute atomic E-state index is 0.383. The summed E-state index contributed by atoms with van der Waals surface area (Å²) in [5, 5.41) is 0. The molecule has 1 heterocycles. The highest BCUT2D eigenvalue weighted by molar-refractivity contribution is 5.59. The van der Waals surface area contributed by atoms with Gasteiger partial charge in [0.15, 0.2) is 0 Å². The van der Waals surface area contributed by atoms with Crippen LogP contribution in [-0.2, 0) is 4.74 Å². The molecule has 2 nitrogen and oxygen atoms in total. The van der Waals surface area contributed by atoms with Gasteiger partial charge in [0.2, 0.25) is 0 Å². The molecule has 40 valence electrons. The molecular formula is C5H9NO. The molecular weight excluding hydrogens is 90.1 g/mol. The van der Waals surface area contributed by atoms with Crippen molar-refractivity contribution in [1.82, 2.24) is 0 Å². The van der Waals surface area contributed by atoms with E-state index >= 15 is 0 Å². The summed E-state index contributed by atoms with van der Waals surface area (Å²) in [6.07, 6.45) is 1.81. The Morgan fingerprint density at radius 2 is 2.71 bits per heavy atom. The van der Waals surface area contributed by atoms with E-state index in [0.717, 1.165) is 6.61 Å². The van der Waals surface area contributed by atoms with Crippen LogP contribution in [0.4, 0.5) is 0 Å². The molecule has 0 amide bonds. The zero-order valence-corrected chi connectivity index (χ0v) is 4.42. The lowest BCUT2D eigenvalue weighted by molar-refractivity contribution is 0.152. The van der Waals surface area contributed by atoms with Gasteiger partial charge in [-0.05, 0) is 6.92 Å². The standard InChI is InChI=1S/C5H9NO/c1-5-4-7-3-2-6-5/h2,5H,3-4H2,1H3/t5-/m0/s1. The fourth-order valence-electron chi connectivity index (χ4n) is 0.557. The summed E-state index contributed by atoms with van der Waals surface area (Å²) < 4.78 is 5.03. The molecule has 0 bridgehead atoms. The van der Waals surface area contributed by atoms with Crippen molar-refractivity contribution in [2.45, 2.75) is 13.0 Å². The Morgan fingerprint density at radius 3 is 3.00 bits per heavy atom. The Balaban J connectivity index is 2.36. The first kappa shape index (κ1) is 4.78. The first-order valence-electron chi connectivity index (χ1n) is 2.49. The molecule has 0 saturated heterocycles. The summed E-state index contributed by atoms with van der Waals surface area (Å²) in [4.78, 5) is 4.08. The van der Waals surface area contributed by atoms with E-state index in [1.165, 1.54) is 0 Å². The van der Waals surface area contributed by atoms with E-state index < -0.39 is 0 Å². The average molecular weight is 99.1 g/mol. The number of rotatable bonds is 0. The average Bonchev–Trinajstić information content (AvgIpc) is 1.69. The molecule has 2 heteroatoms. The van der Waals surface area contributed by atoms with Gasteiger partial charge in [-0.1, -0.05) is 0 Å². The summed E-state index contributed by atoms with van der Waals surface area (Å²) in [6, 6.07) is 0.383. The van der Waals surface area contributed by atoms with E-state index in [9.17, 15) is 0 Å². The molecule has 0 aromatic rings. The minimum Gasteiger partial charge on any atom is -0.374 e. The van der Waals surface area contributed by atoms with E-state index in [4.69, 9.17) is 4.74 Å². The van der Waals surface area contributed by atoms with Crippen LogP contribution < -0.4 is 0 Å². The van der Waals surface area contributed by atoms with Crippen molar-refractivity contribution in [2.75, 3.05) is 13.2 Å². The fraction of sp³-hybridized carbons (Fsp3) is 0.800. The Kier molecular flexibility index (Phi) is 1.42. The Morgan fingerprint density at radius 1 is 1.86 bits per heavy atom. The molecule has 0 aliphatic carbocycles. The molecule has 1 atom stereocenters. The van der Waals surface area contributed by atoms with Crippen LogP contribution >= 0.6 is 0 Å². The third-order valence-corrected chi connectivity index (χ3v) is 0.911. The summed E-state index contributed by atoms with van der Waals surface area (Å²) in [5.41, 5.74) is 0. The molecule has 0 spiro atoms. The van der Waals surface area contributed by atoms with Gasteiger partial charge in [0.1, 0.15) is 0 Å². The SMILES string of the molecule is C[C@H]1COCC=N1. The highest BCUT2D eigenvalue weighted by Gasteiger charge is 1.99. The van der Waals surface area contributed by atoms with Crippen molar-refractivity contribution in [1.29, 1.82) is 0 Å².